The van der Waals surface area contributed by atoms with Crippen LogP contribution in [0.5, 0.6) is 0 Å². The standard InChI is InChI=1S/C11H15ClNO2P.C11H17NO/c1-10(11-6-3-2-4-7-11)13-8-5-9-15-16(13,12)14;1-10(12-8-5-9-13)11-6-3-2-4-7-11/h2-4,6-7,10H,5,8-9H2,1H3;2-4,6-7,10,12-13H,5,8-9H2,1H3. The second-order valence-corrected chi connectivity index (χ2v) is 10.0. The molecule has 0 amide bonds. The van der Waals surface area contributed by atoms with Crippen LogP contribution < -0.4 is 5.32 Å². The highest BCUT2D eigenvalue weighted by molar-refractivity contribution is 7.83. The maximum absolute atomic E-state index is 12.0. The predicted molar refractivity (Wildman–Crippen MR) is 120 cm³/mol. The molecule has 1 heterocycles. The quantitative estimate of drug-likeness (QED) is 0.439. The predicted octanol–water partition coefficient (Wildman–Crippen LogP) is 5.54. The van der Waals surface area contributed by atoms with Crippen molar-refractivity contribution in [1.29, 1.82) is 0 Å². The third-order valence-electron chi connectivity index (χ3n) is 4.90. The molecule has 0 aromatic heterocycles. The van der Waals surface area contributed by atoms with Crippen molar-refractivity contribution in [2.45, 2.75) is 38.8 Å². The van der Waals surface area contributed by atoms with E-state index in [1.165, 1.54) is 5.56 Å². The van der Waals surface area contributed by atoms with Gasteiger partial charge in [-0.15, -0.1) is 0 Å². The fourth-order valence-corrected chi connectivity index (χ4v) is 5.42. The van der Waals surface area contributed by atoms with Crippen molar-refractivity contribution in [2.24, 2.45) is 0 Å². The fraction of sp³-hybridized carbons (Fsp3) is 0.455. The molecule has 5 nitrogen and oxygen atoms in total. The summed E-state index contributed by atoms with van der Waals surface area (Å²) in [5.74, 6) is 0. The van der Waals surface area contributed by atoms with Gasteiger partial charge in [0.25, 0.3) is 0 Å². The van der Waals surface area contributed by atoms with Gasteiger partial charge < -0.3 is 14.9 Å². The minimum absolute atomic E-state index is 0.0184. The van der Waals surface area contributed by atoms with E-state index < -0.39 is 6.87 Å². The molecule has 160 valence electrons. The Labute approximate surface area is 179 Å². The van der Waals surface area contributed by atoms with E-state index in [-0.39, 0.29) is 12.6 Å². The monoisotopic (exact) mass is 438 g/mol. The molecule has 2 aromatic rings. The number of aliphatic hydroxyl groups excluding tert-OH is 1. The van der Waals surface area contributed by atoms with Crippen LogP contribution in [-0.2, 0) is 9.09 Å². The van der Waals surface area contributed by atoms with Gasteiger partial charge in [-0.2, -0.15) is 0 Å². The van der Waals surface area contributed by atoms with Gasteiger partial charge in [-0.1, -0.05) is 60.7 Å². The van der Waals surface area contributed by atoms with E-state index in [1.807, 2.05) is 55.5 Å². The van der Waals surface area contributed by atoms with E-state index in [1.54, 1.807) is 4.67 Å². The van der Waals surface area contributed by atoms with E-state index in [9.17, 15) is 4.57 Å². The first-order chi connectivity index (χ1) is 14.0. The SMILES string of the molecule is CC(NCCCO)c1ccccc1.CC(c1ccccc1)N1CCCOP1(=O)Cl. The molecule has 7 heteroatoms. The lowest BCUT2D eigenvalue weighted by atomic mass is 10.1. The van der Waals surface area contributed by atoms with E-state index in [4.69, 9.17) is 20.9 Å². The zero-order valence-electron chi connectivity index (χ0n) is 17.2. The van der Waals surface area contributed by atoms with Crippen LogP contribution in [0.25, 0.3) is 0 Å². The van der Waals surface area contributed by atoms with Crippen LogP contribution in [0.2, 0.25) is 0 Å². The van der Waals surface area contributed by atoms with Crippen molar-refractivity contribution < 1.29 is 14.2 Å². The molecule has 1 aliphatic heterocycles. The summed E-state index contributed by atoms with van der Waals surface area (Å²) in [6.45, 7) is 3.35. The van der Waals surface area contributed by atoms with Gasteiger partial charge in [0.15, 0.2) is 0 Å². The highest BCUT2D eigenvalue weighted by Gasteiger charge is 2.36. The molecule has 3 unspecified atom stereocenters. The molecule has 0 aliphatic carbocycles. The summed E-state index contributed by atoms with van der Waals surface area (Å²) in [5.41, 5.74) is 2.40. The molecule has 29 heavy (non-hydrogen) atoms. The molecule has 2 N–H and O–H groups in total. The molecule has 1 saturated heterocycles. The minimum atomic E-state index is -3.11. The van der Waals surface area contributed by atoms with E-state index >= 15 is 0 Å². The largest absolute Gasteiger partial charge is 0.396 e. The Bertz CT molecular complexity index is 748. The van der Waals surface area contributed by atoms with Gasteiger partial charge in [0, 0.05) is 25.2 Å². The van der Waals surface area contributed by atoms with Crippen molar-refractivity contribution in [2.75, 3.05) is 26.3 Å². The number of rotatable bonds is 7. The lowest BCUT2D eigenvalue weighted by molar-refractivity contribution is 0.194. The smallest absolute Gasteiger partial charge is 0.363 e. The van der Waals surface area contributed by atoms with Crippen molar-refractivity contribution in [3.8, 4) is 0 Å². The average Bonchev–Trinajstić information content (AvgIpc) is 2.75. The normalized spacial score (nSPS) is 21.7. The summed E-state index contributed by atoms with van der Waals surface area (Å²) in [6, 6.07) is 20.6. The van der Waals surface area contributed by atoms with Crippen molar-refractivity contribution >= 4 is 18.1 Å². The molecule has 2 aromatic carbocycles. The highest BCUT2D eigenvalue weighted by atomic mass is 35.7. The number of benzene rings is 2. The average molecular weight is 439 g/mol. The summed E-state index contributed by atoms with van der Waals surface area (Å²) in [6.07, 6.45) is 1.69. The number of hydrogen-bond acceptors (Lipinski definition) is 4. The van der Waals surface area contributed by atoms with Crippen molar-refractivity contribution in [3.63, 3.8) is 0 Å². The van der Waals surface area contributed by atoms with Gasteiger partial charge in [-0.05, 0) is 55.6 Å². The van der Waals surface area contributed by atoms with E-state index in [0.29, 0.717) is 12.6 Å². The topological polar surface area (TPSA) is 61.8 Å². The molecule has 0 bridgehead atoms. The number of hydrogen-bond donors (Lipinski definition) is 2. The molecule has 3 atom stereocenters. The molecule has 0 radical (unpaired) electrons. The second kappa shape index (κ2) is 12.5. The lowest BCUT2D eigenvalue weighted by Gasteiger charge is -2.35. The third kappa shape index (κ3) is 7.86. The number of nitrogens with zero attached hydrogens (tertiary/aromatic N) is 1. The summed E-state index contributed by atoms with van der Waals surface area (Å²) in [4.78, 5) is 0. The van der Waals surface area contributed by atoms with E-state index in [2.05, 4.69) is 24.4 Å². The number of nitrogens with one attached hydrogen (secondary N) is 1. The summed E-state index contributed by atoms with van der Waals surface area (Å²) in [5, 5.41) is 11.9. The maximum Gasteiger partial charge on any atom is 0.363 e. The number of aliphatic hydroxyl groups is 1. The first kappa shape index (κ1) is 24.1. The molecule has 1 fully saturated rings. The minimum Gasteiger partial charge on any atom is -0.396 e. The summed E-state index contributed by atoms with van der Waals surface area (Å²) in [7, 11) is 0. The van der Waals surface area contributed by atoms with Crippen molar-refractivity contribution in [1.82, 2.24) is 9.99 Å². The second-order valence-electron chi connectivity index (χ2n) is 7.05. The Morgan fingerprint density at radius 3 is 2.24 bits per heavy atom. The molecular weight excluding hydrogens is 407 g/mol. The van der Waals surface area contributed by atoms with Crippen LogP contribution in [0.4, 0.5) is 0 Å². The zero-order valence-corrected chi connectivity index (χ0v) is 18.9. The van der Waals surface area contributed by atoms with Crippen LogP contribution in [-0.4, -0.2) is 36.1 Å². The lowest BCUT2D eigenvalue weighted by Crippen LogP contribution is -2.29. The zero-order chi connectivity index (χ0) is 21.1. The van der Waals surface area contributed by atoms with Gasteiger partial charge >= 0.3 is 6.87 Å². The molecule has 1 aliphatic rings. The summed E-state index contributed by atoms with van der Waals surface area (Å²) >= 11 is 5.94. The highest BCUT2D eigenvalue weighted by Crippen LogP contribution is 2.60. The molecule has 0 saturated carbocycles. The van der Waals surface area contributed by atoms with Crippen LogP contribution in [0, 0.1) is 0 Å². The molecule has 0 spiro atoms. The van der Waals surface area contributed by atoms with Crippen LogP contribution in [0.1, 0.15) is 49.9 Å². The van der Waals surface area contributed by atoms with Gasteiger partial charge in [0.2, 0.25) is 0 Å². The molecule has 3 rings (SSSR count). The Morgan fingerprint density at radius 1 is 1.10 bits per heavy atom. The first-order valence-electron chi connectivity index (χ1n) is 10.1. The van der Waals surface area contributed by atoms with Crippen LogP contribution in [0.3, 0.4) is 0 Å². The van der Waals surface area contributed by atoms with Gasteiger partial charge in [0.05, 0.1) is 6.61 Å². The van der Waals surface area contributed by atoms with Crippen LogP contribution >= 0.6 is 18.1 Å². The Hall–Kier alpha value is -1.20. The van der Waals surface area contributed by atoms with E-state index in [0.717, 1.165) is 31.5 Å². The Morgan fingerprint density at radius 2 is 1.69 bits per heavy atom. The molecular formula is C22H32ClN2O3P. The fourth-order valence-electron chi connectivity index (χ4n) is 3.16. The third-order valence-corrected chi connectivity index (χ3v) is 7.44. The maximum atomic E-state index is 12.0. The van der Waals surface area contributed by atoms with Crippen molar-refractivity contribution in [3.05, 3.63) is 71.8 Å². The van der Waals surface area contributed by atoms with Gasteiger partial charge in [-0.3, -0.25) is 4.57 Å². The van der Waals surface area contributed by atoms with Gasteiger partial charge in [-0.25, -0.2) is 4.67 Å². The van der Waals surface area contributed by atoms with Crippen LogP contribution in [0.15, 0.2) is 60.7 Å². The van der Waals surface area contributed by atoms with Gasteiger partial charge in [0.1, 0.15) is 0 Å². The summed E-state index contributed by atoms with van der Waals surface area (Å²) < 4.78 is 19.0. The first-order valence-corrected chi connectivity index (χ1v) is 12.6. The Kier molecular flexibility index (Phi) is 10.4. The Balaban J connectivity index is 0.000000212. The number of halogens is 1.